The molecule has 1 aliphatic rings. The van der Waals surface area contributed by atoms with Crippen LogP contribution in [0.5, 0.6) is 0 Å². The largest absolute Gasteiger partial charge is 0.354 e. The van der Waals surface area contributed by atoms with E-state index in [2.05, 4.69) is 0 Å². The van der Waals surface area contributed by atoms with Crippen LogP contribution in [0.25, 0.3) is 0 Å². The Labute approximate surface area is 64.3 Å². The molecule has 0 amide bonds. The maximum Gasteiger partial charge on any atom is 0.232 e. The van der Waals surface area contributed by atoms with Crippen LogP contribution >= 0.6 is 11.6 Å². The highest BCUT2D eigenvalue weighted by Gasteiger charge is 2.35. The number of hydrogen-bond donors (Lipinski definition) is 0. The van der Waals surface area contributed by atoms with Crippen LogP contribution < -0.4 is 0 Å². The van der Waals surface area contributed by atoms with E-state index in [1.165, 1.54) is 0 Å². The number of halogens is 1. The molecule has 58 valence electrons. The van der Waals surface area contributed by atoms with Gasteiger partial charge < -0.3 is 9.47 Å². The van der Waals surface area contributed by atoms with Gasteiger partial charge in [0.15, 0.2) is 0 Å². The minimum absolute atomic E-state index is 0.264. The molecule has 3 nitrogen and oxygen atoms in total. The van der Waals surface area contributed by atoms with Crippen LogP contribution in [0.4, 0.5) is 0 Å². The molecule has 1 saturated heterocycles. The highest BCUT2D eigenvalue weighted by molar-refractivity contribution is 6.64. The van der Waals surface area contributed by atoms with Crippen molar-refractivity contribution in [3.63, 3.8) is 0 Å². The Morgan fingerprint density at radius 1 is 1.50 bits per heavy atom. The fourth-order valence-corrected chi connectivity index (χ4v) is 0.857. The first-order valence-corrected chi connectivity index (χ1v) is 3.38. The maximum atomic E-state index is 10.7. The molecule has 1 fully saturated rings. The van der Waals surface area contributed by atoms with E-state index in [1.54, 1.807) is 6.92 Å². The summed E-state index contributed by atoms with van der Waals surface area (Å²) in [6.45, 7) is 2.70. The predicted octanol–water partition coefficient (Wildman–Crippen LogP) is 0.762. The first-order chi connectivity index (χ1) is 4.65. The van der Waals surface area contributed by atoms with E-state index in [1.807, 2.05) is 0 Å². The van der Waals surface area contributed by atoms with E-state index in [9.17, 15) is 4.79 Å². The lowest BCUT2D eigenvalue weighted by atomic mass is 9.95. The summed E-state index contributed by atoms with van der Waals surface area (Å²) in [7, 11) is 0. The van der Waals surface area contributed by atoms with Gasteiger partial charge >= 0.3 is 0 Å². The van der Waals surface area contributed by atoms with E-state index in [0.29, 0.717) is 13.2 Å². The molecule has 0 aromatic carbocycles. The van der Waals surface area contributed by atoms with Gasteiger partial charge in [-0.05, 0) is 18.5 Å². The number of hydrogen-bond acceptors (Lipinski definition) is 3. The first kappa shape index (κ1) is 7.98. The van der Waals surface area contributed by atoms with E-state index in [4.69, 9.17) is 21.1 Å². The van der Waals surface area contributed by atoms with Crippen molar-refractivity contribution in [2.45, 2.75) is 6.92 Å². The summed E-state index contributed by atoms with van der Waals surface area (Å²) in [5, 5.41) is -0.396. The van der Waals surface area contributed by atoms with Crippen molar-refractivity contribution in [2.24, 2.45) is 5.41 Å². The molecule has 0 unspecified atom stereocenters. The lowest BCUT2D eigenvalue weighted by molar-refractivity contribution is -0.166. The summed E-state index contributed by atoms with van der Waals surface area (Å²) in [6.07, 6.45) is 0. The van der Waals surface area contributed by atoms with E-state index in [-0.39, 0.29) is 6.79 Å². The predicted molar refractivity (Wildman–Crippen MR) is 35.7 cm³/mol. The maximum absolute atomic E-state index is 10.7. The van der Waals surface area contributed by atoms with Gasteiger partial charge in [0.2, 0.25) is 5.24 Å². The average molecular weight is 165 g/mol. The molecule has 1 aliphatic heterocycles. The van der Waals surface area contributed by atoms with E-state index < -0.39 is 10.7 Å². The van der Waals surface area contributed by atoms with Gasteiger partial charge in [0.05, 0.1) is 18.6 Å². The molecule has 10 heavy (non-hydrogen) atoms. The van der Waals surface area contributed by atoms with Crippen LogP contribution in [0.2, 0.25) is 0 Å². The Morgan fingerprint density at radius 2 is 2.00 bits per heavy atom. The third kappa shape index (κ3) is 1.48. The summed E-state index contributed by atoms with van der Waals surface area (Å²) in [6, 6.07) is 0. The van der Waals surface area contributed by atoms with E-state index in [0.717, 1.165) is 0 Å². The number of rotatable bonds is 1. The van der Waals surface area contributed by atoms with E-state index >= 15 is 0 Å². The van der Waals surface area contributed by atoms with Gasteiger partial charge in [0.1, 0.15) is 6.79 Å². The zero-order valence-corrected chi connectivity index (χ0v) is 6.48. The fraction of sp³-hybridized carbons (Fsp3) is 0.833. The minimum Gasteiger partial charge on any atom is -0.354 e. The van der Waals surface area contributed by atoms with Crippen LogP contribution in [-0.4, -0.2) is 25.2 Å². The smallest absolute Gasteiger partial charge is 0.232 e. The lowest BCUT2D eigenvalue weighted by Gasteiger charge is -2.28. The van der Waals surface area contributed by atoms with Gasteiger partial charge in [-0.2, -0.15) is 0 Å². The number of carbonyl (C=O) groups is 1. The highest BCUT2D eigenvalue weighted by atomic mass is 35.5. The zero-order valence-electron chi connectivity index (χ0n) is 5.72. The van der Waals surface area contributed by atoms with Crippen LogP contribution in [-0.2, 0) is 14.3 Å². The van der Waals surface area contributed by atoms with Gasteiger partial charge in [-0.3, -0.25) is 4.79 Å². The molecule has 0 bridgehead atoms. The summed E-state index contributed by atoms with van der Waals surface area (Å²) < 4.78 is 9.84. The summed E-state index contributed by atoms with van der Waals surface area (Å²) in [5.41, 5.74) is -0.639. The van der Waals surface area contributed by atoms with Crippen LogP contribution in [0.1, 0.15) is 6.92 Å². The summed E-state index contributed by atoms with van der Waals surface area (Å²) in [5.74, 6) is 0. The van der Waals surface area contributed by atoms with Crippen LogP contribution in [0, 0.1) is 5.41 Å². The molecule has 0 atom stereocenters. The second-order valence-electron chi connectivity index (χ2n) is 2.65. The van der Waals surface area contributed by atoms with Gasteiger partial charge in [0, 0.05) is 0 Å². The van der Waals surface area contributed by atoms with Crippen molar-refractivity contribution in [3.8, 4) is 0 Å². The van der Waals surface area contributed by atoms with Crippen molar-refractivity contribution in [1.29, 1.82) is 0 Å². The molecule has 0 saturated carbocycles. The third-order valence-electron chi connectivity index (χ3n) is 1.48. The standard InChI is InChI=1S/C6H9ClO3/c1-6(5(7)8)2-9-4-10-3-6/h2-4H2,1H3. The second kappa shape index (κ2) is 2.86. The van der Waals surface area contributed by atoms with Gasteiger partial charge in [-0.25, -0.2) is 0 Å². The average Bonchev–Trinajstić information content (AvgIpc) is 1.89. The molecule has 0 aromatic rings. The minimum atomic E-state index is -0.639. The summed E-state index contributed by atoms with van der Waals surface area (Å²) in [4.78, 5) is 10.7. The first-order valence-electron chi connectivity index (χ1n) is 3.00. The molecule has 4 heteroatoms. The Kier molecular flexibility index (Phi) is 2.28. The van der Waals surface area contributed by atoms with Gasteiger partial charge in [-0.1, -0.05) is 0 Å². The number of carbonyl (C=O) groups excluding carboxylic acids is 1. The van der Waals surface area contributed by atoms with Crippen molar-refractivity contribution in [3.05, 3.63) is 0 Å². The zero-order chi connectivity index (χ0) is 7.61. The van der Waals surface area contributed by atoms with Crippen molar-refractivity contribution in [2.75, 3.05) is 20.0 Å². The van der Waals surface area contributed by atoms with Crippen molar-refractivity contribution < 1.29 is 14.3 Å². The highest BCUT2D eigenvalue weighted by Crippen LogP contribution is 2.23. The van der Waals surface area contributed by atoms with Crippen molar-refractivity contribution in [1.82, 2.24) is 0 Å². The Hall–Kier alpha value is -0.120. The quantitative estimate of drug-likeness (QED) is 0.537. The Balaban J connectivity index is 2.56. The SMILES string of the molecule is CC1(C(=O)Cl)COCOC1. The molecule has 1 heterocycles. The molecular weight excluding hydrogens is 156 g/mol. The van der Waals surface area contributed by atoms with Crippen LogP contribution in [0.15, 0.2) is 0 Å². The molecule has 0 spiro atoms. The summed E-state index contributed by atoms with van der Waals surface area (Å²) >= 11 is 5.30. The van der Waals surface area contributed by atoms with Gasteiger partial charge in [-0.15, -0.1) is 0 Å². The molecule has 0 N–H and O–H groups in total. The number of ether oxygens (including phenoxy) is 2. The molecule has 0 radical (unpaired) electrons. The molecule has 1 rings (SSSR count). The normalized spacial score (nSPS) is 24.2. The van der Waals surface area contributed by atoms with Crippen LogP contribution in [0.3, 0.4) is 0 Å². The Bertz CT molecular complexity index is 140. The Morgan fingerprint density at radius 3 is 2.30 bits per heavy atom. The lowest BCUT2D eigenvalue weighted by Crippen LogP contribution is -2.39. The second-order valence-corrected chi connectivity index (χ2v) is 2.99. The topological polar surface area (TPSA) is 35.5 Å². The monoisotopic (exact) mass is 164 g/mol. The fourth-order valence-electron chi connectivity index (χ4n) is 0.748. The van der Waals surface area contributed by atoms with Crippen molar-refractivity contribution >= 4 is 16.8 Å². The molecule has 0 aliphatic carbocycles. The third-order valence-corrected chi connectivity index (χ3v) is 1.94. The molecule has 0 aromatic heterocycles. The van der Waals surface area contributed by atoms with Gasteiger partial charge in [0.25, 0.3) is 0 Å². The molecular formula is C6H9ClO3.